The Morgan fingerprint density at radius 3 is 2.09 bits per heavy atom. The fourth-order valence-corrected chi connectivity index (χ4v) is 2.60. The Balaban J connectivity index is 2.03. The first-order valence-corrected chi connectivity index (χ1v) is 8.05. The van der Waals surface area contributed by atoms with Crippen LogP contribution >= 0.6 is 23.2 Å². The van der Waals surface area contributed by atoms with Crippen molar-refractivity contribution < 1.29 is 4.79 Å². The van der Waals surface area contributed by atoms with Crippen molar-refractivity contribution in [2.24, 2.45) is 0 Å². The maximum atomic E-state index is 12.0. The fraction of sp³-hybridized carbons (Fsp3) is 0.211. The summed E-state index contributed by atoms with van der Waals surface area (Å²) in [5.74, 6) is -0.233. The minimum absolute atomic E-state index is 0.117. The van der Waals surface area contributed by atoms with Crippen LogP contribution in [0, 0.1) is 0 Å². The summed E-state index contributed by atoms with van der Waals surface area (Å²) in [6.07, 6.45) is 3.26. The molecule has 0 aliphatic carbocycles. The Hall–Kier alpha value is -1.77. The lowest BCUT2D eigenvalue weighted by Gasteiger charge is -2.18. The average Bonchev–Trinajstić information content (AvgIpc) is 2.43. The maximum Gasteiger partial charge on any atom is 0.248 e. The normalized spacial score (nSPS) is 11.7. The molecule has 2 aromatic carbocycles. The Labute approximate surface area is 147 Å². The number of anilines is 1. The molecule has 0 aliphatic rings. The Morgan fingerprint density at radius 2 is 1.57 bits per heavy atom. The molecule has 120 valence electrons. The van der Waals surface area contributed by atoms with Crippen molar-refractivity contribution in [2.75, 3.05) is 5.32 Å². The predicted octanol–water partition coefficient (Wildman–Crippen LogP) is 5.94. The van der Waals surface area contributed by atoms with Gasteiger partial charge in [0.1, 0.15) is 0 Å². The van der Waals surface area contributed by atoms with Gasteiger partial charge in [-0.15, -0.1) is 0 Å². The molecule has 0 aromatic heterocycles. The monoisotopic (exact) mass is 347 g/mol. The number of hydrogen-bond acceptors (Lipinski definition) is 1. The molecule has 0 spiro atoms. The van der Waals surface area contributed by atoms with Crippen molar-refractivity contribution in [1.82, 2.24) is 0 Å². The standard InChI is InChI=1S/C19H19Cl2NO/c1-19(2,3)14-7-4-13(5-8-14)6-9-18(23)22-17-11-15(20)10-16(21)12-17/h4-12H,1-3H3,(H,22,23)/b9-6+. The van der Waals surface area contributed by atoms with Crippen molar-refractivity contribution in [3.05, 3.63) is 69.7 Å². The highest BCUT2D eigenvalue weighted by Crippen LogP contribution is 2.23. The van der Waals surface area contributed by atoms with Gasteiger partial charge in [0.15, 0.2) is 0 Å². The van der Waals surface area contributed by atoms with E-state index in [-0.39, 0.29) is 11.3 Å². The van der Waals surface area contributed by atoms with Crippen LogP contribution in [-0.4, -0.2) is 5.91 Å². The number of halogens is 2. The molecule has 23 heavy (non-hydrogen) atoms. The number of carbonyl (C=O) groups is 1. The minimum atomic E-state index is -0.233. The summed E-state index contributed by atoms with van der Waals surface area (Å²) in [6.45, 7) is 6.50. The number of rotatable bonds is 3. The van der Waals surface area contributed by atoms with E-state index in [0.717, 1.165) is 5.56 Å². The van der Waals surface area contributed by atoms with Gasteiger partial charge < -0.3 is 5.32 Å². The van der Waals surface area contributed by atoms with Gasteiger partial charge in [-0.2, -0.15) is 0 Å². The van der Waals surface area contributed by atoms with Crippen LogP contribution in [0.5, 0.6) is 0 Å². The number of benzene rings is 2. The zero-order valence-corrected chi connectivity index (χ0v) is 14.9. The summed E-state index contributed by atoms with van der Waals surface area (Å²) in [7, 11) is 0. The summed E-state index contributed by atoms with van der Waals surface area (Å²) in [5.41, 5.74) is 2.91. The van der Waals surface area contributed by atoms with E-state index in [1.54, 1.807) is 24.3 Å². The molecule has 2 nitrogen and oxygen atoms in total. The molecule has 0 saturated carbocycles. The second kappa shape index (κ2) is 7.20. The molecule has 0 unspecified atom stereocenters. The van der Waals surface area contributed by atoms with E-state index >= 15 is 0 Å². The van der Waals surface area contributed by atoms with Gasteiger partial charge in [0.05, 0.1) is 0 Å². The largest absolute Gasteiger partial charge is 0.322 e. The third-order valence-corrected chi connectivity index (χ3v) is 3.77. The third kappa shape index (κ3) is 5.42. The van der Waals surface area contributed by atoms with Crippen molar-refractivity contribution in [2.45, 2.75) is 26.2 Å². The molecule has 2 aromatic rings. The first kappa shape index (κ1) is 17.6. The van der Waals surface area contributed by atoms with E-state index in [1.165, 1.54) is 11.6 Å². The van der Waals surface area contributed by atoms with Gasteiger partial charge in [-0.25, -0.2) is 0 Å². The molecule has 0 aliphatic heterocycles. The topological polar surface area (TPSA) is 29.1 Å². The van der Waals surface area contributed by atoms with Gasteiger partial charge in [-0.1, -0.05) is 68.2 Å². The Bertz CT molecular complexity index is 708. The Kier molecular flexibility index (Phi) is 5.51. The number of hydrogen-bond donors (Lipinski definition) is 1. The van der Waals surface area contributed by atoms with Crippen LogP contribution < -0.4 is 5.32 Å². The maximum absolute atomic E-state index is 12.0. The van der Waals surface area contributed by atoms with E-state index in [0.29, 0.717) is 15.7 Å². The van der Waals surface area contributed by atoms with Gasteiger partial charge in [0.25, 0.3) is 0 Å². The van der Waals surface area contributed by atoms with Crippen molar-refractivity contribution in [3.63, 3.8) is 0 Å². The van der Waals surface area contributed by atoms with E-state index in [9.17, 15) is 4.79 Å². The second-order valence-electron chi connectivity index (χ2n) is 6.35. The van der Waals surface area contributed by atoms with Crippen LogP contribution in [0.15, 0.2) is 48.5 Å². The molecule has 0 fully saturated rings. The van der Waals surface area contributed by atoms with Gasteiger partial charge in [0, 0.05) is 21.8 Å². The summed E-state index contributed by atoms with van der Waals surface area (Å²) < 4.78 is 0. The molecule has 4 heteroatoms. The van der Waals surface area contributed by atoms with Crippen LogP contribution in [0.1, 0.15) is 31.9 Å². The van der Waals surface area contributed by atoms with Gasteiger partial charge >= 0.3 is 0 Å². The first-order valence-electron chi connectivity index (χ1n) is 7.30. The summed E-state index contributed by atoms with van der Waals surface area (Å²) >= 11 is 11.8. The smallest absolute Gasteiger partial charge is 0.248 e. The SMILES string of the molecule is CC(C)(C)c1ccc(/C=C/C(=O)Nc2cc(Cl)cc(Cl)c2)cc1. The number of nitrogens with one attached hydrogen (secondary N) is 1. The quantitative estimate of drug-likeness (QED) is 0.683. The van der Waals surface area contributed by atoms with Gasteiger partial charge in [-0.05, 0) is 40.8 Å². The van der Waals surface area contributed by atoms with Crippen molar-refractivity contribution in [3.8, 4) is 0 Å². The third-order valence-electron chi connectivity index (χ3n) is 3.33. The molecule has 0 radical (unpaired) electrons. The van der Waals surface area contributed by atoms with Crippen LogP contribution in [0.3, 0.4) is 0 Å². The van der Waals surface area contributed by atoms with E-state index in [4.69, 9.17) is 23.2 Å². The predicted molar refractivity (Wildman–Crippen MR) is 99.3 cm³/mol. The molecule has 0 bridgehead atoms. The van der Waals surface area contributed by atoms with Crippen LogP contribution in [0.2, 0.25) is 10.0 Å². The van der Waals surface area contributed by atoms with E-state index in [1.807, 2.05) is 12.1 Å². The Morgan fingerprint density at radius 1 is 1.00 bits per heavy atom. The highest BCUT2D eigenvalue weighted by molar-refractivity contribution is 6.35. The molecule has 2 rings (SSSR count). The van der Waals surface area contributed by atoms with Gasteiger partial charge in [-0.3, -0.25) is 4.79 Å². The zero-order valence-electron chi connectivity index (χ0n) is 13.4. The van der Waals surface area contributed by atoms with Gasteiger partial charge in [0.2, 0.25) is 5.91 Å². The van der Waals surface area contributed by atoms with Crippen LogP contribution in [0.4, 0.5) is 5.69 Å². The minimum Gasteiger partial charge on any atom is -0.322 e. The van der Waals surface area contributed by atoms with E-state index < -0.39 is 0 Å². The molecule has 0 saturated heterocycles. The van der Waals surface area contributed by atoms with E-state index in [2.05, 4.69) is 38.2 Å². The lowest BCUT2D eigenvalue weighted by atomic mass is 9.87. The molecule has 1 N–H and O–H groups in total. The lowest BCUT2D eigenvalue weighted by Crippen LogP contribution is -2.10. The van der Waals surface area contributed by atoms with Crippen molar-refractivity contribution in [1.29, 1.82) is 0 Å². The summed E-state index contributed by atoms with van der Waals surface area (Å²) in [6, 6.07) is 13.1. The number of amides is 1. The molecule has 1 amide bonds. The van der Waals surface area contributed by atoms with Crippen LogP contribution in [-0.2, 0) is 10.2 Å². The summed E-state index contributed by atoms with van der Waals surface area (Å²) in [5, 5.41) is 3.70. The highest BCUT2D eigenvalue weighted by Gasteiger charge is 2.12. The fourth-order valence-electron chi connectivity index (χ4n) is 2.08. The number of carbonyl (C=O) groups excluding carboxylic acids is 1. The second-order valence-corrected chi connectivity index (χ2v) is 7.23. The average molecular weight is 348 g/mol. The molecular weight excluding hydrogens is 329 g/mol. The molecule has 0 atom stereocenters. The lowest BCUT2D eigenvalue weighted by molar-refractivity contribution is -0.111. The van der Waals surface area contributed by atoms with Crippen LogP contribution in [0.25, 0.3) is 6.08 Å². The molecule has 0 heterocycles. The first-order chi connectivity index (χ1) is 10.7. The zero-order chi connectivity index (χ0) is 17.0. The highest BCUT2D eigenvalue weighted by atomic mass is 35.5. The molecular formula is C19H19Cl2NO. The van der Waals surface area contributed by atoms with Crippen molar-refractivity contribution >= 4 is 40.9 Å². The summed E-state index contributed by atoms with van der Waals surface area (Å²) in [4.78, 5) is 12.0.